The van der Waals surface area contributed by atoms with Crippen LogP contribution in [-0.4, -0.2) is 15.0 Å². The second-order valence-corrected chi connectivity index (χ2v) is 4.99. The summed E-state index contributed by atoms with van der Waals surface area (Å²) in [4.78, 5) is 13.4. The lowest BCUT2D eigenvalue weighted by molar-refractivity contribution is 0.587. The SMILES string of the molecule is c1ccc(-c2nc(-c3ccccn3)c(-c3ccccn3)o2)cc1. The molecule has 23 heavy (non-hydrogen) atoms. The molecular weight excluding hydrogens is 286 g/mol. The predicted octanol–water partition coefficient (Wildman–Crippen LogP) is 4.47. The van der Waals surface area contributed by atoms with Crippen molar-refractivity contribution in [2.75, 3.05) is 0 Å². The Morgan fingerprint density at radius 1 is 0.652 bits per heavy atom. The maximum Gasteiger partial charge on any atom is 0.227 e. The first-order valence-corrected chi connectivity index (χ1v) is 7.31. The molecule has 0 aliphatic carbocycles. The highest BCUT2D eigenvalue weighted by Crippen LogP contribution is 2.33. The summed E-state index contributed by atoms with van der Waals surface area (Å²) in [6.45, 7) is 0. The fourth-order valence-corrected chi connectivity index (χ4v) is 2.37. The average molecular weight is 299 g/mol. The Labute approximate surface area is 133 Å². The topological polar surface area (TPSA) is 51.8 Å². The van der Waals surface area contributed by atoms with E-state index in [2.05, 4.69) is 15.0 Å². The minimum absolute atomic E-state index is 0.562. The van der Waals surface area contributed by atoms with Gasteiger partial charge < -0.3 is 4.42 Å². The molecule has 0 bridgehead atoms. The van der Waals surface area contributed by atoms with Gasteiger partial charge in [-0.2, -0.15) is 0 Å². The van der Waals surface area contributed by atoms with Crippen LogP contribution in [0.15, 0.2) is 83.5 Å². The zero-order valence-electron chi connectivity index (χ0n) is 12.3. The van der Waals surface area contributed by atoms with Crippen LogP contribution in [0.2, 0.25) is 0 Å². The van der Waals surface area contributed by atoms with Gasteiger partial charge in [0.2, 0.25) is 5.89 Å². The molecule has 1 aromatic carbocycles. The monoisotopic (exact) mass is 299 g/mol. The van der Waals surface area contributed by atoms with Crippen LogP contribution in [-0.2, 0) is 0 Å². The third kappa shape index (κ3) is 2.62. The number of oxazole rings is 1. The number of hydrogen-bond acceptors (Lipinski definition) is 4. The summed E-state index contributed by atoms with van der Waals surface area (Å²) < 4.78 is 6.03. The standard InChI is InChI=1S/C19H13N3O/c1-2-8-14(9-3-1)19-22-17(15-10-4-6-12-20-15)18(23-19)16-11-5-7-13-21-16/h1-13H. The van der Waals surface area contributed by atoms with Crippen LogP contribution in [0.25, 0.3) is 34.3 Å². The second kappa shape index (κ2) is 5.85. The predicted molar refractivity (Wildman–Crippen MR) is 88.4 cm³/mol. The van der Waals surface area contributed by atoms with Gasteiger partial charge in [0.15, 0.2) is 5.76 Å². The molecule has 0 N–H and O–H groups in total. The van der Waals surface area contributed by atoms with E-state index < -0.39 is 0 Å². The molecule has 0 atom stereocenters. The van der Waals surface area contributed by atoms with Crippen LogP contribution in [0.1, 0.15) is 0 Å². The van der Waals surface area contributed by atoms with Crippen molar-refractivity contribution in [3.8, 4) is 34.3 Å². The van der Waals surface area contributed by atoms with Crippen molar-refractivity contribution in [2.24, 2.45) is 0 Å². The van der Waals surface area contributed by atoms with Crippen molar-refractivity contribution in [3.05, 3.63) is 79.1 Å². The van der Waals surface area contributed by atoms with Crippen molar-refractivity contribution in [2.45, 2.75) is 0 Å². The number of nitrogens with zero attached hydrogens (tertiary/aromatic N) is 3. The molecule has 0 saturated carbocycles. The summed E-state index contributed by atoms with van der Waals surface area (Å²) in [6, 6.07) is 21.2. The molecule has 4 nitrogen and oxygen atoms in total. The van der Waals surface area contributed by atoms with Crippen LogP contribution in [0.5, 0.6) is 0 Å². The molecule has 0 aliphatic rings. The Morgan fingerprint density at radius 3 is 1.96 bits per heavy atom. The van der Waals surface area contributed by atoms with Crippen molar-refractivity contribution in [1.82, 2.24) is 15.0 Å². The van der Waals surface area contributed by atoms with Crippen LogP contribution >= 0.6 is 0 Å². The van der Waals surface area contributed by atoms with Gasteiger partial charge in [0.05, 0.1) is 5.69 Å². The van der Waals surface area contributed by atoms with Gasteiger partial charge in [-0.25, -0.2) is 4.98 Å². The Balaban J connectivity index is 1.91. The maximum absolute atomic E-state index is 6.03. The summed E-state index contributed by atoms with van der Waals surface area (Å²) in [7, 11) is 0. The smallest absolute Gasteiger partial charge is 0.227 e. The fraction of sp³-hybridized carbons (Fsp3) is 0. The second-order valence-electron chi connectivity index (χ2n) is 4.99. The van der Waals surface area contributed by atoms with E-state index in [-0.39, 0.29) is 0 Å². The minimum Gasteiger partial charge on any atom is -0.434 e. The third-order valence-corrected chi connectivity index (χ3v) is 3.45. The Bertz CT molecular complexity index is 846. The van der Waals surface area contributed by atoms with E-state index in [1.54, 1.807) is 12.4 Å². The first-order chi connectivity index (χ1) is 11.4. The summed E-state index contributed by atoms with van der Waals surface area (Å²) in [5.41, 5.74) is 3.12. The number of benzene rings is 1. The van der Waals surface area contributed by atoms with Crippen molar-refractivity contribution in [3.63, 3.8) is 0 Å². The van der Waals surface area contributed by atoms with Gasteiger partial charge in [-0.1, -0.05) is 30.3 Å². The van der Waals surface area contributed by atoms with Gasteiger partial charge in [-0.3, -0.25) is 9.97 Å². The van der Waals surface area contributed by atoms with Gasteiger partial charge in [-0.15, -0.1) is 0 Å². The first-order valence-electron chi connectivity index (χ1n) is 7.31. The van der Waals surface area contributed by atoms with Gasteiger partial charge in [0.25, 0.3) is 0 Å². The van der Waals surface area contributed by atoms with Crippen molar-refractivity contribution in [1.29, 1.82) is 0 Å². The van der Waals surface area contributed by atoms with E-state index in [1.807, 2.05) is 66.7 Å². The lowest BCUT2D eigenvalue weighted by Crippen LogP contribution is -1.87. The molecule has 4 heteroatoms. The molecule has 0 radical (unpaired) electrons. The van der Waals surface area contributed by atoms with Crippen LogP contribution in [0.4, 0.5) is 0 Å². The molecule has 110 valence electrons. The Kier molecular flexibility index (Phi) is 3.41. The van der Waals surface area contributed by atoms with Gasteiger partial charge in [0.1, 0.15) is 11.4 Å². The molecule has 3 heterocycles. The normalized spacial score (nSPS) is 10.6. The molecule has 0 saturated heterocycles. The molecular formula is C19H13N3O. The molecule has 0 unspecified atom stereocenters. The van der Waals surface area contributed by atoms with Crippen molar-refractivity contribution < 1.29 is 4.42 Å². The van der Waals surface area contributed by atoms with E-state index in [0.29, 0.717) is 17.3 Å². The number of aromatic nitrogens is 3. The maximum atomic E-state index is 6.03. The lowest BCUT2D eigenvalue weighted by Gasteiger charge is -1.99. The molecule has 4 rings (SSSR count). The molecule has 3 aromatic heterocycles. The fourth-order valence-electron chi connectivity index (χ4n) is 2.37. The summed E-state index contributed by atoms with van der Waals surface area (Å²) >= 11 is 0. The first kappa shape index (κ1) is 13.4. The third-order valence-electron chi connectivity index (χ3n) is 3.45. The molecule has 0 amide bonds. The van der Waals surface area contributed by atoms with Gasteiger partial charge in [-0.05, 0) is 36.4 Å². The highest BCUT2D eigenvalue weighted by molar-refractivity contribution is 5.75. The van der Waals surface area contributed by atoms with E-state index in [9.17, 15) is 0 Å². The average Bonchev–Trinajstić information content (AvgIpc) is 3.09. The largest absolute Gasteiger partial charge is 0.434 e. The zero-order valence-corrected chi connectivity index (χ0v) is 12.3. The van der Waals surface area contributed by atoms with Crippen LogP contribution in [0.3, 0.4) is 0 Å². The van der Waals surface area contributed by atoms with Crippen molar-refractivity contribution >= 4 is 0 Å². The Hall–Kier alpha value is -3.27. The zero-order chi connectivity index (χ0) is 15.5. The molecule has 4 aromatic rings. The highest BCUT2D eigenvalue weighted by atomic mass is 16.4. The lowest BCUT2D eigenvalue weighted by atomic mass is 10.2. The van der Waals surface area contributed by atoms with Gasteiger partial charge in [0, 0.05) is 18.0 Å². The molecule has 0 fully saturated rings. The Morgan fingerprint density at radius 2 is 1.30 bits per heavy atom. The minimum atomic E-state index is 0.562. The highest BCUT2D eigenvalue weighted by Gasteiger charge is 2.19. The van der Waals surface area contributed by atoms with Crippen LogP contribution < -0.4 is 0 Å². The summed E-state index contributed by atoms with van der Waals surface area (Å²) in [6.07, 6.45) is 3.48. The summed E-state index contributed by atoms with van der Waals surface area (Å²) in [5, 5.41) is 0. The molecule has 0 spiro atoms. The quantitative estimate of drug-likeness (QED) is 0.560. The van der Waals surface area contributed by atoms with E-state index in [1.165, 1.54) is 0 Å². The van der Waals surface area contributed by atoms with E-state index in [0.717, 1.165) is 17.0 Å². The van der Waals surface area contributed by atoms with Gasteiger partial charge >= 0.3 is 0 Å². The number of pyridine rings is 2. The number of hydrogen-bond donors (Lipinski definition) is 0. The van der Waals surface area contributed by atoms with E-state index >= 15 is 0 Å². The van der Waals surface area contributed by atoms with E-state index in [4.69, 9.17) is 4.42 Å². The van der Waals surface area contributed by atoms with Crippen LogP contribution in [0, 0.1) is 0 Å². The number of rotatable bonds is 3. The molecule has 0 aliphatic heterocycles. The summed E-state index contributed by atoms with van der Waals surface area (Å²) in [5.74, 6) is 1.19.